The molecule has 5 nitrogen and oxygen atoms in total. The molecule has 0 fully saturated rings. The van der Waals surface area contributed by atoms with Gasteiger partial charge in [-0.15, -0.1) is 0 Å². The van der Waals surface area contributed by atoms with Gasteiger partial charge >= 0.3 is 5.97 Å². The summed E-state index contributed by atoms with van der Waals surface area (Å²) in [5, 5.41) is 0. The predicted octanol–water partition coefficient (Wildman–Crippen LogP) is 6.80. The molecule has 0 bridgehead atoms. The van der Waals surface area contributed by atoms with E-state index in [2.05, 4.69) is 50.2 Å². The van der Waals surface area contributed by atoms with E-state index >= 15 is 0 Å². The molecular formula is C32H39NO4. The third-order valence-electron chi connectivity index (χ3n) is 6.05. The highest BCUT2D eigenvalue weighted by atomic mass is 16.5. The third-order valence-corrected chi connectivity index (χ3v) is 6.05. The molecule has 0 aliphatic heterocycles. The van der Waals surface area contributed by atoms with Crippen molar-refractivity contribution in [3.63, 3.8) is 0 Å². The zero-order valence-electron chi connectivity index (χ0n) is 22.8. The molecule has 0 N–H and O–H groups in total. The second kappa shape index (κ2) is 14.2. The zero-order chi connectivity index (χ0) is 26.6. The van der Waals surface area contributed by atoms with E-state index in [1.54, 1.807) is 7.11 Å². The molecule has 196 valence electrons. The number of ether oxygens (including phenoxy) is 3. The summed E-state index contributed by atoms with van der Waals surface area (Å²) in [5.74, 6) is 2.08. The molecule has 3 rings (SSSR count). The van der Waals surface area contributed by atoms with Gasteiger partial charge in [0.1, 0.15) is 17.2 Å². The molecule has 0 aliphatic rings. The number of nitrogens with zero attached hydrogens (tertiary/aromatic N) is 1. The van der Waals surface area contributed by atoms with Gasteiger partial charge in [0.25, 0.3) is 0 Å². The van der Waals surface area contributed by atoms with Gasteiger partial charge in [0.15, 0.2) is 0 Å². The fourth-order valence-corrected chi connectivity index (χ4v) is 4.16. The minimum atomic E-state index is -0.206. The van der Waals surface area contributed by atoms with Crippen molar-refractivity contribution in [3.05, 3.63) is 95.1 Å². The first-order chi connectivity index (χ1) is 17.9. The fourth-order valence-electron chi connectivity index (χ4n) is 4.16. The van der Waals surface area contributed by atoms with Crippen LogP contribution in [0.2, 0.25) is 0 Å². The first kappa shape index (κ1) is 28.0. The Hall–Kier alpha value is -3.57. The molecule has 5 heteroatoms. The number of allylic oxidation sites excluding steroid dienone is 1. The Morgan fingerprint density at radius 1 is 0.811 bits per heavy atom. The van der Waals surface area contributed by atoms with Gasteiger partial charge < -0.3 is 19.1 Å². The number of rotatable bonds is 13. The molecule has 0 aromatic heterocycles. The summed E-state index contributed by atoms with van der Waals surface area (Å²) in [6, 6.07) is 24.2. The van der Waals surface area contributed by atoms with Crippen molar-refractivity contribution in [2.75, 3.05) is 34.4 Å². The van der Waals surface area contributed by atoms with Crippen molar-refractivity contribution >= 4 is 11.5 Å². The van der Waals surface area contributed by atoms with Crippen LogP contribution in [0, 0.1) is 0 Å². The van der Waals surface area contributed by atoms with Gasteiger partial charge in [-0.3, -0.25) is 4.79 Å². The monoisotopic (exact) mass is 501 g/mol. The van der Waals surface area contributed by atoms with E-state index in [9.17, 15) is 4.79 Å². The summed E-state index contributed by atoms with van der Waals surface area (Å²) in [4.78, 5) is 14.1. The summed E-state index contributed by atoms with van der Waals surface area (Å²) < 4.78 is 16.7. The standard InChI is InChI=1S/C32H39NO4/c1-6-8-31(34)37-30-19-13-27(14-20-30)32(24(2)23-25-9-15-28(35-5)16-10-25)26-11-17-29(18-12-26)36-22-7-21-33(3)4/h9-20H,6-8,21-23H2,1-5H3/b32-24-. The molecule has 0 unspecified atom stereocenters. The topological polar surface area (TPSA) is 48.0 Å². The summed E-state index contributed by atoms with van der Waals surface area (Å²) in [6.07, 6.45) is 2.96. The van der Waals surface area contributed by atoms with Crippen LogP contribution >= 0.6 is 0 Å². The van der Waals surface area contributed by atoms with E-state index in [1.807, 2.05) is 55.5 Å². The van der Waals surface area contributed by atoms with E-state index in [0.717, 1.165) is 54.0 Å². The van der Waals surface area contributed by atoms with Crippen LogP contribution < -0.4 is 14.2 Å². The Labute approximate surface area is 221 Å². The summed E-state index contributed by atoms with van der Waals surface area (Å²) in [7, 11) is 5.81. The molecule has 0 saturated heterocycles. The van der Waals surface area contributed by atoms with Gasteiger partial charge in [-0.25, -0.2) is 0 Å². The van der Waals surface area contributed by atoms with Gasteiger partial charge in [0.2, 0.25) is 0 Å². The van der Waals surface area contributed by atoms with Crippen LogP contribution in [0.1, 0.15) is 49.8 Å². The molecule has 0 amide bonds. The molecule has 37 heavy (non-hydrogen) atoms. The van der Waals surface area contributed by atoms with E-state index in [0.29, 0.717) is 18.8 Å². The minimum Gasteiger partial charge on any atom is -0.497 e. The first-order valence-electron chi connectivity index (χ1n) is 12.9. The molecule has 3 aromatic carbocycles. The van der Waals surface area contributed by atoms with E-state index < -0.39 is 0 Å². The van der Waals surface area contributed by atoms with E-state index in [1.165, 1.54) is 11.1 Å². The van der Waals surface area contributed by atoms with Crippen LogP contribution in [0.5, 0.6) is 17.2 Å². The highest BCUT2D eigenvalue weighted by Crippen LogP contribution is 2.31. The SMILES string of the molecule is CCCC(=O)Oc1ccc(/C(=C(/C)Cc2ccc(OC)cc2)c2ccc(OCCCN(C)C)cc2)cc1. The molecule has 0 saturated carbocycles. The Morgan fingerprint density at radius 2 is 1.38 bits per heavy atom. The van der Waals surface area contributed by atoms with E-state index in [4.69, 9.17) is 14.2 Å². The molecular weight excluding hydrogens is 462 g/mol. The lowest BCUT2D eigenvalue weighted by atomic mass is 9.90. The van der Waals surface area contributed by atoms with Gasteiger partial charge in [0.05, 0.1) is 13.7 Å². The van der Waals surface area contributed by atoms with Crippen LogP contribution in [-0.4, -0.2) is 45.2 Å². The van der Waals surface area contributed by atoms with Crippen molar-refractivity contribution < 1.29 is 19.0 Å². The van der Waals surface area contributed by atoms with Crippen LogP contribution in [0.4, 0.5) is 0 Å². The number of carbonyl (C=O) groups is 1. The second-order valence-corrected chi connectivity index (χ2v) is 9.46. The number of carbonyl (C=O) groups excluding carboxylic acids is 1. The number of methoxy groups -OCH3 is 1. The Balaban J connectivity index is 1.87. The predicted molar refractivity (Wildman–Crippen MR) is 150 cm³/mol. The Bertz CT molecular complexity index is 1150. The smallest absolute Gasteiger partial charge is 0.311 e. The largest absolute Gasteiger partial charge is 0.497 e. The Morgan fingerprint density at radius 3 is 1.92 bits per heavy atom. The molecule has 3 aromatic rings. The van der Waals surface area contributed by atoms with E-state index in [-0.39, 0.29) is 5.97 Å². The lowest BCUT2D eigenvalue weighted by Crippen LogP contribution is -2.15. The second-order valence-electron chi connectivity index (χ2n) is 9.46. The molecule has 0 spiro atoms. The van der Waals surface area contributed by atoms with Crippen LogP contribution in [0.3, 0.4) is 0 Å². The summed E-state index contributed by atoms with van der Waals surface area (Å²) in [5.41, 5.74) is 5.78. The third kappa shape index (κ3) is 8.80. The Kier molecular flexibility index (Phi) is 10.8. The van der Waals surface area contributed by atoms with Gasteiger partial charge in [0, 0.05) is 13.0 Å². The van der Waals surface area contributed by atoms with Crippen molar-refractivity contribution in [1.29, 1.82) is 0 Å². The number of esters is 1. The average Bonchev–Trinajstić information content (AvgIpc) is 2.89. The minimum absolute atomic E-state index is 0.206. The van der Waals surface area contributed by atoms with Crippen molar-refractivity contribution in [2.45, 2.75) is 39.5 Å². The van der Waals surface area contributed by atoms with Crippen LogP contribution in [-0.2, 0) is 11.2 Å². The number of benzene rings is 3. The normalized spacial score (nSPS) is 11.7. The maximum atomic E-state index is 11.9. The first-order valence-corrected chi connectivity index (χ1v) is 12.9. The lowest BCUT2D eigenvalue weighted by molar-refractivity contribution is -0.134. The maximum Gasteiger partial charge on any atom is 0.311 e. The van der Waals surface area contributed by atoms with Crippen molar-refractivity contribution in [2.24, 2.45) is 0 Å². The maximum absolute atomic E-state index is 11.9. The van der Waals surface area contributed by atoms with Crippen molar-refractivity contribution in [1.82, 2.24) is 4.90 Å². The zero-order valence-corrected chi connectivity index (χ0v) is 22.8. The van der Waals surface area contributed by atoms with Gasteiger partial charge in [-0.2, -0.15) is 0 Å². The van der Waals surface area contributed by atoms with Gasteiger partial charge in [-0.1, -0.05) is 48.9 Å². The molecule has 0 atom stereocenters. The van der Waals surface area contributed by atoms with Crippen molar-refractivity contribution in [3.8, 4) is 17.2 Å². The number of hydrogen-bond donors (Lipinski definition) is 0. The quantitative estimate of drug-likeness (QED) is 0.147. The summed E-state index contributed by atoms with van der Waals surface area (Å²) >= 11 is 0. The molecule has 0 heterocycles. The highest BCUT2D eigenvalue weighted by molar-refractivity contribution is 5.83. The number of hydrogen-bond acceptors (Lipinski definition) is 5. The highest BCUT2D eigenvalue weighted by Gasteiger charge is 2.12. The molecule has 0 radical (unpaired) electrons. The van der Waals surface area contributed by atoms with Crippen LogP contribution in [0.25, 0.3) is 5.57 Å². The average molecular weight is 502 g/mol. The molecule has 0 aliphatic carbocycles. The van der Waals surface area contributed by atoms with Crippen LogP contribution in [0.15, 0.2) is 78.4 Å². The summed E-state index contributed by atoms with van der Waals surface area (Å²) in [6.45, 7) is 5.82. The lowest BCUT2D eigenvalue weighted by Gasteiger charge is -2.16. The fraction of sp³-hybridized carbons (Fsp3) is 0.344. The van der Waals surface area contributed by atoms with Gasteiger partial charge in [-0.05, 0) is 98.9 Å².